The number of carbonyl (C=O) groups is 1. The maximum Gasteiger partial charge on any atom is 0.263 e. The number of aryl methyl sites for hydroxylation is 2. The van der Waals surface area contributed by atoms with E-state index in [4.69, 9.17) is 0 Å². The molecule has 0 atom stereocenters. The quantitative estimate of drug-likeness (QED) is 0.676. The number of hydrogen-bond acceptors (Lipinski definition) is 7. The molecule has 29 heavy (non-hydrogen) atoms. The topological polar surface area (TPSA) is 138 Å². The minimum atomic E-state index is -3.85. The molecule has 0 unspecified atom stereocenters. The lowest BCUT2D eigenvalue weighted by Gasteiger charge is -2.35. The average Bonchev–Trinajstić information content (AvgIpc) is 2.50. The Bertz CT molecular complexity index is 1120. The second kappa shape index (κ2) is 7.69. The minimum absolute atomic E-state index is 0.0105. The van der Waals surface area contributed by atoms with Gasteiger partial charge in [0.2, 0.25) is 15.9 Å². The fourth-order valence-corrected chi connectivity index (χ4v) is 4.70. The Hall–Kier alpha value is -2.57. The SMILES string of the molecule is Cc1cc(NS(=O)(=O)c2ccc(NC(=O)C3CN(S(C)(=O)=O)C3)cc2)nc(C)n1. The van der Waals surface area contributed by atoms with Gasteiger partial charge in [-0.05, 0) is 38.1 Å². The second-order valence-electron chi connectivity index (χ2n) is 6.84. The lowest BCUT2D eigenvalue weighted by Crippen LogP contribution is -2.53. The molecule has 2 heterocycles. The Kier molecular flexibility index (Phi) is 5.61. The molecule has 0 bridgehead atoms. The lowest BCUT2D eigenvalue weighted by atomic mass is 10.0. The second-order valence-corrected chi connectivity index (χ2v) is 10.5. The summed E-state index contributed by atoms with van der Waals surface area (Å²) in [6.07, 6.45) is 1.10. The molecule has 1 aromatic heterocycles. The Balaban J connectivity index is 1.64. The lowest BCUT2D eigenvalue weighted by molar-refractivity contribution is -0.122. The molecule has 1 aliphatic rings. The van der Waals surface area contributed by atoms with Gasteiger partial charge in [-0.3, -0.25) is 9.52 Å². The monoisotopic (exact) mass is 439 g/mol. The predicted molar refractivity (Wildman–Crippen MR) is 107 cm³/mol. The van der Waals surface area contributed by atoms with E-state index in [1.807, 2.05) is 0 Å². The third-order valence-electron chi connectivity index (χ3n) is 4.32. The van der Waals surface area contributed by atoms with Gasteiger partial charge in [0.1, 0.15) is 11.6 Å². The summed E-state index contributed by atoms with van der Waals surface area (Å²) in [5, 5.41) is 2.66. The van der Waals surface area contributed by atoms with Crippen LogP contribution in [0.5, 0.6) is 0 Å². The van der Waals surface area contributed by atoms with Crippen molar-refractivity contribution in [2.75, 3.05) is 29.4 Å². The number of carbonyl (C=O) groups excluding carboxylic acids is 1. The van der Waals surface area contributed by atoms with Crippen LogP contribution in [0.25, 0.3) is 0 Å². The third-order valence-corrected chi connectivity index (χ3v) is 6.93. The largest absolute Gasteiger partial charge is 0.326 e. The number of sulfonamides is 2. The zero-order valence-corrected chi connectivity index (χ0v) is 17.7. The van der Waals surface area contributed by atoms with Crippen LogP contribution in [-0.4, -0.2) is 56.4 Å². The summed E-state index contributed by atoms with van der Waals surface area (Å²) in [4.78, 5) is 20.3. The van der Waals surface area contributed by atoms with Gasteiger partial charge in [-0.1, -0.05) is 0 Å². The van der Waals surface area contributed by atoms with E-state index in [-0.39, 0.29) is 29.7 Å². The first kappa shape index (κ1) is 21.1. The number of nitrogens with one attached hydrogen (secondary N) is 2. The zero-order valence-electron chi connectivity index (χ0n) is 16.1. The highest BCUT2D eigenvalue weighted by molar-refractivity contribution is 7.92. The molecule has 156 valence electrons. The van der Waals surface area contributed by atoms with Crippen molar-refractivity contribution >= 4 is 37.5 Å². The van der Waals surface area contributed by atoms with Gasteiger partial charge in [-0.2, -0.15) is 0 Å². The highest BCUT2D eigenvalue weighted by Gasteiger charge is 2.37. The van der Waals surface area contributed by atoms with Crippen LogP contribution in [0, 0.1) is 19.8 Å². The summed E-state index contributed by atoms with van der Waals surface area (Å²) >= 11 is 0. The minimum Gasteiger partial charge on any atom is -0.326 e. The molecule has 3 rings (SSSR count). The Morgan fingerprint density at radius 3 is 2.24 bits per heavy atom. The number of hydrogen-bond donors (Lipinski definition) is 2. The molecule has 2 aromatic rings. The van der Waals surface area contributed by atoms with E-state index in [1.54, 1.807) is 13.8 Å². The van der Waals surface area contributed by atoms with Crippen LogP contribution >= 0.6 is 0 Å². The smallest absolute Gasteiger partial charge is 0.263 e. The average molecular weight is 440 g/mol. The third kappa shape index (κ3) is 5.08. The predicted octanol–water partition coefficient (Wildman–Crippen LogP) is 0.724. The van der Waals surface area contributed by atoms with Gasteiger partial charge in [0.15, 0.2) is 0 Å². The maximum atomic E-state index is 12.5. The molecule has 1 aliphatic heterocycles. The van der Waals surface area contributed by atoms with Crippen molar-refractivity contribution in [2.45, 2.75) is 18.7 Å². The van der Waals surface area contributed by atoms with E-state index in [1.165, 1.54) is 34.6 Å². The van der Waals surface area contributed by atoms with Crippen LogP contribution in [0.3, 0.4) is 0 Å². The van der Waals surface area contributed by atoms with Gasteiger partial charge in [0.05, 0.1) is 17.1 Å². The van der Waals surface area contributed by atoms with Crippen molar-refractivity contribution < 1.29 is 21.6 Å². The van der Waals surface area contributed by atoms with Gasteiger partial charge in [0.25, 0.3) is 10.0 Å². The standard InChI is InChI=1S/C17H21N5O5S2/c1-11-8-16(19-12(2)18-11)21-29(26,27)15-6-4-14(5-7-15)20-17(23)13-9-22(10-13)28(3,24)25/h4-8,13H,9-10H2,1-3H3,(H,20,23)(H,18,19,21). The molecule has 1 amide bonds. The molecule has 1 aromatic carbocycles. The summed E-state index contributed by atoms with van der Waals surface area (Å²) in [5.74, 6) is -0.122. The Morgan fingerprint density at radius 2 is 1.69 bits per heavy atom. The number of amides is 1. The van der Waals surface area contributed by atoms with Crippen LogP contribution in [0.2, 0.25) is 0 Å². The van der Waals surface area contributed by atoms with E-state index in [0.29, 0.717) is 17.2 Å². The summed E-state index contributed by atoms with van der Waals surface area (Å²) in [7, 11) is -7.14. The van der Waals surface area contributed by atoms with Crippen molar-refractivity contribution in [2.24, 2.45) is 5.92 Å². The summed E-state index contributed by atoms with van der Waals surface area (Å²) in [6, 6.07) is 7.19. The number of aromatic nitrogens is 2. The highest BCUT2D eigenvalue weighted by Crippen LogP contribution is 2.22. The molecule has 0 aliphatic carbocycles. The highest BCUT2D eigenvalue weighted by atomic mass is 32.2. The molecule has 2 N–H and O–H groups in total. The van der Waals surface area contributed by atoms with Gasteiger partial charge in [-0.15, -0.1) is 0 Å². The van der Waals surface area contributed by atoms with Crippen molar-refractivity contribution in [3.05, 3.63) is 41.9 Å². The van der Waals surface area contributed by atoms with Crippen LogP contribution < -0.4 is 10.0 Å². The van der Waals surface area contributed by atoms with Crippen LogP contribution in [0.1, 0.15) is 11.5 Å². The fraction of sp³-hybridized carbons (Fsp3) is 0.353. The molecule has 10 nitrogen and oxygen atoms in total. The first-order chi connectivity index (χ1) is 13.4. The molecule has 0 radical (unpaired) electrons. The molecule has 0 saturated carbocycles. The van der Waals surface area contributed by atoms with E-state index in [0.717, 1.165) is 6.26 Å². The number of nitrogens with zero attached hydrogens (tertiary/aromatic N) is 3. The van der Waals surface area contributed by atoms with E-state index in [2.05, 4.69) is 20.0 Å². The Labute approximate surface area is 169 Å². The van der Waals surface area contributed by atoms with Crippen molar-refractivity contribution in [3.8, 4) is 0 Å². The van der Waals surface area contributed by atoms with Gasteiger partial charge >= 0.3 is 0 Å². The molecule has 12 heteroatoms. The van der Waals surface area contributed by atoms with Crippen LogP contribution in [0.15, 0.2) is 35.2 Å². The summed E-state index contributed by atoms with van der Waals surface area (Å²) in [5.41, 5.74) is 1.05. The van der Waals surface area contributed by atoms with Crippen LogP contribution in [0.4, 0.5) is 11.5 Å². The van der Waals surface area contributed by atoms with E-state index in [9.17, 15) is 21.6 Å². The molecular weight excluding hydrogens is 418 g/mol. The Morgan fingerprint density at radius 1 is 1.07 bits per heavy atom. The number of benzene rings is 1. The molecule has 1 saturated heterocycles. The first-order valence-electron chi connectivity index (χ1n) is 8.65. The number of rotatable bonds is 6. The molecule has 0 spiro atoms. The molecule has 1 fully saturated rings. The van der Waals surface area contributed by atoms with E-state index < -0.39 is 26.0 Å². The van der Waals surface area contributed by atoms with Crippen molar-refractivity contribution in [1.29, 1.82) is 0 Å². The maximum absolute atomic E-state index is 12.5. The zero-order chi connectivity index (χ0) is 21.4. The summed E-state index contributed by atoms with van der Waals surface area (Å²) in [6.45, 7) is 3.68. The summed E-state index contributed by atoms with van der Waals surface area (Å²) < 4.78 is 51.4. The molecular formula is C17H21N5O5S2. The van der Waals surface area contributed by atoms with Gasteiger partial charge in [-0.25, -0.2) is 31.1 Å². The van der Waals surface area contributed by atoms with E-state index >= 15 is 0 Å². The van der Waals surface area contributed by atoms with Gasteiger partial charge in [0, 0.05) is 30.5 Å². The van der Waals surface area contributed by atoms with Crippen molar-refractivity contribution in [3.63, 3.8) is 0 Å². The first-order valence-corrected chi connectivity index (χ1v) is 12.0. The fourth-order valence-electron chi connectivity index (χ4n) is 2.80. The number of anilines is 2. The van der Waals surface area contributed by atoms with Gasteiger partial charge < -0.3 is 5.32 Å². The van der Waals surface area contributed by atoms with Crippen LogP contribution in [-0.2, 0) is 24.8 Å². The normalized spacial score (nSPS) is 15.6. The van der Waals surface area contributed by atoms with Crippen molar-refractivity contribution in [1.82, 2.24) is 14.3 Å².